The molecule has 1 unspecified atom stereocenters. The van der Waals surface area contributed by atoms with Crippen molar-refractivity contribution in [2.24, 2.45) is 0 Å². The van der Waals surface area contributed by atoms with Crippen molar-refractivity contribution in [2.75, 3.05) is 11.9 Å². The van der Waals surface area contributed by atoms with Crippen molar-refractivity contribution in [1.29, 1.82) is 0 Å². The highest BCUT2D eigenvalue weighted by Gasteiger charge is 2.18. The normalized spacial score (nSPS) is 12.6. The lowest BCUT2D eigenvalue weighted by molar-refractivity contribution is -0.383. The molecule has 0 saturated heterocycles. The van der Waals surface area contributed by atoms with E-state index in [-0.39, 0.29) is 29.9 Å². The zero-order chi connectivity index (χ0) is 13.1. The number of para-hydroxylation sites is 1. The first kappa shape index (κ1) is 12.3. The molecule has 0 spiro atoms. The summed E-state index contributed by atoms with van der Waals surface area (Å²) in [4.78, 5) is 14.4. The Labute approximate surface area is 103 Å². The van der Waals surface area contributed by atoms with Gasteiger partial charge >= 0.3 is 0 Å². The SMILES string of the molecule is CCC(CO)Nc1nc2c([N+](=O)[O-])cccc2o1. The molecule has 0 amide bonds. The summed E-state index contributed by atoms with van der Waals surface area (Å²) in [6, 6.07) is 4.52. The van der Waals surface area contributed by atoms with Crippen LogP contribution < -0.4 is 5.32 Å². The minimum absolute atomic E-state index is 0.0582. The Hall–Kier alpha value is -2.15. The maximum absolute atomic E-state index is 10.8. The van der Waals surface area contributed by atoms with E-state index < -0.39 is 4.92 Å². The third kappa shape index (κ3) is 2.25. The van der Waals surface area contributed by atoms with Crippen molar-refractivity contribution in [3.05, 3.63) is 28.3 Å². The van der Waals surface area contributed by atoms with Crippen LogP contribution in [-0.2, 0) is 0 Å². The molecule has 0 fully saturated rings. The highest BCUT2D eigenvalue weighted by Crippen LogP contribution is 2.27. The molecule has 0 aliphatic carbocycles. The Bertz CT molecular complexity index is 562. The summed E-state index contributed by atoms with van der Waals surface area (Å²) in [7, 11) is 0. The van der Waals surface area contributed by atoms with Gasteiger partial charge in [0.2, 0.25) is 0 Å². The molecule has 1 atom stereocenters. The number of aliphatic hydroxyl groups is 1. The van der Waals surface area contributed by atoms with E-state index in [0.29, 0.717) is 12.0 Å². The summed E-state index contributed by atoms with van der Waals surface area (Å²) in [6.07, 6.45) is 0.692. The minimum atomic E-state index is -0.502. The lowest BCUT2D eigenvalue weighted by Gasteiger charge is -2.10. The zero-order valence-corrected chi connectivity index (χ0v) is 9.79. The number of anilines is 1. The number of nitro groups is 1. The highest BCUT2D eigenvalue weighted by atomic mass is 16.6. The molecular weight excluding hydrogens is 238 g/mol. The number of benzene rings is 1. The van der Waals surface area contributed by atoms with Crippen molar-refractivity contribution in [3.8, 4) is 0 Å². The topological polar surface area (TPSA) is 101 Å². The average molecular weight is 251 g/mol. The molecule has 0 saturated carbocycles. The second-order valence-electron chi connectivity index (χ2n) is 3.83. The Morgan fingerprint density at radius 1 is 1.61 bits per heavy atom. The van der Waals surface area contributed by atoms with E-state index in [0.717, 1.165) is 0 Å². The molecule has 2 rings (SSSR count). The van der Waals surface area contributed by atoms with Crippen LogP contribution in [0.1, 0.15) is 13.3 Å². The molecule has 0 radical (unpaired) electrons. The van der Waals surface area contributed by atoms with Crippen LogP contribution in [0.3, 0.4) is 0 Å². The number of hydrogen-bond donors (Lipinski definition) is 2. The molecule has 96 valence electrons. The van der Waals surface area contributed by atoms with Gasteiger partial charge < -0.3 is 14.8 Å². The summed E-state index contributed by atoms with van der Waals surface area (Å²) in [6.45, 7) is 1.84. The van der Waals surface area contributed by atoms with Gasteiger partial charge in [-0.3, -0.25) is 10.1 Å². The van der Waals surface area contributed by atoms with Gasteiger partial charge in [-0.15, -0.1) is 0 Å². The summed E-state index contributed by atoms with van der Waals surface area (Å²) in [5.41, 5.74) is 0.457. The maximum atomic E-state index is 10.8. The largest absolute Gasteiger partial charge is 0.423 e. The van der Waals surface area contributed by atoms with Gasteiger partial charge in [-0.2, -0.15) is 4.98 Å². The minimum Gasteiger partial charge on any atom is -0.423 e. The summed E-state index contributed by atoms with van der Waals surface area (Å²) >= 11 is 0. The van der Waals surface area contributed by atoms with Gasteiger partial charge in [0.25, 0.3) is 11.7 Å². The maximum Gasteiger partial charge on any atom is 0.298 e. The third-order valence-electron chi connectivity index (χ3n) is 2.64. The van der Waals surface area contributed by atoms with Crippen LogP contribution >= 0.6 is 0 Å². The van der Waals surface area contributed by atoms with Crippen LogP contribution in [0.15, 0.2) is 22.6 Å². The van der Waals surface area contributed by atoms with E-state index in [1.165, 1.54) is 6.07 Å². The zero-order valence-electron chi connectivity index (χ0n) is 9.79. The number of non-ortho nitro benzene ring substituents is 1. The van der Waals surface area contributed by atoms with E-state index in [9.17, 15) is 10.1 Å². The lowest BCUT2D eigenvalue weighted by atomic mass is 10.2. The Morgan fingerprint density at radius 3 is 3.00 bits per heavy atom. The fourth-order valence-electron chi connectivity index (χ4n) is 1.59. The number of nitrogens with zero attached hydrogens (tertiary/aromatic N) is 2. The number of hydrogen-bond acceptors (Lipinski definition) is 6. The molecule has 7 nitrogen and oxygen atoms in total. The predicted octanol–water partition coefficient (Wildman–Crippen LogP) is 1.92. The Kier molecular flexibility index (Phi) is 3.42. The van der Waals surface area contributed by atoms with Crippen LogP contribution in [-0.4, -0.2) is 27.7 Å². The highest BCUT2D eigenvalue weighted by molar-refractivity contribution is 5.84. The summed E-state index contributed by atoms with van der Waals surface area (Å²) in [5.74, 6) is 0. The van der Waals surface area contributed by atoms with E-state index in [4.69, 9.17) is 9.52 Å². The van der Waals surface area contributed by atoms with Crippen LogP contribution in [0.5, 0.6) is 0 Å². The number of oxazole rings is 1. The second kappa shape index (κ2) is 5.01. The molecule has 18 heavy (non-hydrogen) atoms. The number of nitrogens with one attached hydrogen (secondary N) is 1. The monoisotopic (exact) mass is 251 g/mol. The molecule has 0 bridgehead atoms. The number of fused-ring (bicyclic) bond motifs is 1. The second-order valence-corrected chi connectivity index (χ2v) is 3.83. The molecule has 1 aromatic heterocycles. The van der Waals surface area contributed by atoms with Crippen molar-refractivity contribution >= 4 is 22.8 Å². The molecule has 0 aliphatic rings. The van der Waals surface area contributed by atoms with Crippen molar-refractivity contribution < 1.29 is 14.4 Å². The predicted molar refractivity (Wildman–Crippen MR) is 65.5 cm³/mol. The van der Waals surface area contributed by atoms with E-state index in [1.54, 1.807) is 12.1 Å². The van der Waals surface area contributed by atoms with Crippen LogP contribution in [0.25, 0.3) is 11.1 Å². The first-order valence-corrected chi connectivity index (χ1v) is 5.57. The smallest absolute Gasteiger partial charge is 0.298 e. The number of aromatic nitrogens is 1. The van der Waals surface area contributed by atoms with Crippen LogP contribution in [0, 0.1) is 10.1 Å². The van der Waals surface area contributed by atoms with E-state index in [1.807, 2.05) is 6.92 Å². The van der Waals surface area contributed by atoms with Gasteiger partial charge in [0, 0.05) is 6.07 Å². The van der Waals surface area contributed by atoms with Crippen LogP contribution in [0.4, 0.5) is 11.7 Å². The van der Waals surface area contributed by atoms with Gasteiger partial charge in [-0.1, -0.05) is 13.0 Å². The van der Waals surface area contributed by atoms with Crippen molar-refractivity contribution in [3.63, 3.8) is 0 Å². The van der Waals surface area contributed by atoms with Gasteiger partial charge in [0.15, 0.2) is 11.1 Å². The fourth-order valence-corrected chi connectivity index (χ4v) is 1.59. The molecule has 1 aromatic carbocycles. The first-order chi connectivity index (χ1) is 8.65. The van der Waals surface area contributed by atoms with Crippen LogP contribution in [0.2, 0.25) is 0 Å². The Morgan fingerprint density at radius 2 is 2.39 bits per heavy atom. The van der Waals surface area contributed by atoms with Crippen molar-refractivity contribution in [1.82, 2.24) is 4.98 Å². The lowest BCUT2D eigenvalue weighted by Crippen LogP contribution is -2.22. The van der Waals surface area contributed by atoms with Crippen molar-refractivity contribution in [2.45, 2.75) is 19.4 Å². The summed E-state index contributed by atoms with van der Waals surface area (Å²) < 4.78 is 5.36. The Balaban J connectivity index is 2.38. The van der Waals surface area contributed by atoms with Gasteiger partial charge in [0.05, 0.1) is 17.6 Å². The first-order valence-electron chi connectivity index (χ1n) is 5.57. The van der Waals surface area contributed by atoms with E-state index in [2.05, 4.69) is 10.3 Å². The number of aliphatic hydroxyl groups excluding tert-OH is 1. The standard InChI is InChI=1S/C11H13N3O4/c1-2-7(6-15)12-11-13-10-8(14(16)17)4-3-5-9(10)18-11/h3-5,7,15H,2,6H2,1H3,(H,12,13). The molecule has 2 aromatic rings. The molecule has 1 heterocycles. The van der Waals surface area contributed by atoms with Gasteiger partial charge in [-0.05, 0) is 12.5 Å². The van der Waals surface area contributed by atoms with Gasteiger partial charge in [0.1, 0.15) is 0 Å². The molecule has 0 aliphatic heterocycles. The fraction of sp³-hybridized carbons (Fsp3) is 0.364. The number of nitro benzene ring substituents is 1. The molecular formula is C11H13N3O4. The third-order valence-corrected chi connectivity index (χ3v) is 2.64. The molecule has 2 N–H and O–H groups in total. The quantitative estimate of drug-likeness (QED) is 0.621. The average Bonchev–Trinajstić information content (AvgIpc) is 2.77. The summed E-state index contributed by atoms with van der Waals surface area (Å²) in [5, 5.41) is 22.8. The molecule has 7 heteroatoms. The van der Waals surface area contributed by atoms with E-state index >= 15 is 0 Å². The number of rotatable bonds is 5. The van der Waals surface area contributed by atoms with Gasteiger partial charge in [-0.25, -0.2) is 0 Å².